The van der Waals surface area contributed by atoms with Crippen LogP contribution in [0.3, 0.4) is 0 Å². The average molecular weight is 139 g/mol. The van der Waals surface area contributed by atoms with E-state index in [1.165, 1.54) is 0 Å². The van der Waals surface area contributed by atoms with E-state index >= 15 is 0 Å². The van der Waals surface area contributed by atoms with Crippen LogP contribution in [0.1, 0.15) is 0 Å². The first-order valence-corrected chi connectivity index (χ1v) is 3.84. The van der Waals surface area contributed by atoms with Gasteiger partial charge in [0.15, 0.2) is 0 Å². The summed E-state index contributed by atoms with van der Waals surface area (Å²) in [5.41, 5.74) is 0. The van der Waals surface area contributed by atoms with Crippen LogP contribution in [0.2, 0.25) is 0 Å². The molecule has 0 atom stereocenters. The molecule has 0 saturated heterocycles. The predicted octanol–water partition coefficient (Wildman–Crippen LogP) is -0.505. The maximum atomic E-state index is 5.53. The molecule has 0 spiro atoms. The van der Waals surface area contributed by atoms with Crippen LogP contribution in [0.25, 0.3) is 0 Å². The van der Waals surface area contributed by atoms with E-state index in [2.05, 4.69) is 9.44 Å². The van der Waals surface area contributed by atoms with Gasteiger partial charge in [0.2, 0.25) is 0 Å². The molecule has 4 nitrogen and oxygen atoms in total. The maximum Gasteiger partial charge on any atom is 0.0524 e. The molecule has 0 aliphatic carbocycles. The van der Waals surface area contributed by atoms with Gasteiger partial charge in [0.1, 0.15) is 0 Å². The highest BCUT2D eigenvalue weighted by atomic mass is 32.3. The molecule has 0 amide bonds. The Kier molecular flexibility index (Phi) is 3.34. The molecule has 5 heteroatoms. The average Bonchev–Trinajstić information content (AvgIpc) is 1.87. The second kappa shape index (κ2) is 3.26. The van der Waals surface area contributed by atoms with E-state index < -0.39 is 10.9 Å². The third-order valence-electron chi connectivity index (χ3n) is 0.869. The Morgan fingerprint density at radius 3 is 1.75 bits per heavy atom. The molecule has 0 aliphatic heterocycles. The quantitative estimate of drug-likeness (QED) is 0.493. The third-order valence-corrected chi connectivity index (χ3v) is 2.61. The minimum atomic E-state index is -1.65. The summed E-state index contributed by atoms with van der Waals surface area (Å²) in [7, 11) is 3.40. The van der Waals surface area contributed by atoms with Gasteiger partial charge in [-0.3, -0.25) is 5.14 Å². The molecule has 8 heavy (non-hydrogen) atoms. The molecular formula is C3H13N3OS. The van der Waals surface area contributed by atoms with E-state index in [4.69, 9.17) is 9.32 Å². The summed E-state index contributed by atoms with van der Waals surface area (Å²) in [5, 5.41) is 5.53. The Balaban J connectivity index is 3.58. The van der Waals surface area contributed by atoms with Crippen LogP contribution in [-0.2, 0) is 4.18 Å². The lowest BCUT2D eigenvalue weighted by atomic mass is 11.6. The van der Waals surface area contributed by atoms with E-state index in [-0.39, 0.29) is 0 Å². The smallest absolute Gasteiger partial charge is 0.0524 e. The molecule has 0 rings (SSSR count). The lowest BCUT2D eigenvalue weighted by molar-refractivity contribution is 0.452. The van der Waals surface area contributed by atoms with Gasteiger partial charge in [-0.1, -0.05) is 0 Å². The van der Waals surface area contributed by atoms with Crippen molar-refractivity contribution < 1.29 is 4.18 Å². The molecule has 0 fully saturated rings. The molecule has 52 valence electrons. The summed E-state index contributed by atoms with van der Waals surface area (Å²) in [6.07, 6.45) is 0. The summed E-state index contributed by atoms with van der Waals surface area (Å²) < 4.78 is 10.5. The molecule has 0 aromatic rings. The molecule has 4 N–H and O–H groups in total. The first-order chi connectivity index (χ1) is 3.68. The van der Waals surface area contributed by atoms with Crippen molar-refractivity contribution in [2.45, 2.75) is 0 Å². The first kappa shape index (κ1) is 8.19. The Bertz CT molecular complexity index is 57.3. The lowest BCUT2D eigenvalue weighted by Gasteiger charge is -2.31. The number of nitrogens with one attached hydrogen (secondary N) is 2. The Hall–Kier alpha value is 0.190. The number of hydrogen-bond acceptors (Lipinski definition) is 4. The van der Waals surface area contributed by atoms with E-state index in [0.717, 1.165) is 0 Å². The van der Waals surface area contributed by atoms with Crippen LogP contribution in [-0.4, -0.2) is 21.2 Å². The molecule has 0 aromatic carbocycles. The molecular weight excluding hydrogens is 126 g/mol. The second-order valence-electron chi connectivity index (χ2n) is 1.18. The number of rotatable bonds is 3. The second-order valence-corrected chi connectivity index (χ2v) is 3.53. The van der Waals surface area contributed by atoms with E-state index in [0.29, 0.717) is 0 Å². The van der Waals surface area contributed by atoms with Crippen LogP contribution in [0.4, 0.5) is 0 Å². The van der Waals surface area contributed by atoms with Gasteiger partial charge >= 0.3 is 0 Å². The van der Waals surface area contributed by atoms with Crippen molar-refractivity contribution in [2.24, 2.45) is 5.14 Å². The van der Waals surface area contributed by atoms with Gasteiger partial charge in [-0.25, -0.2) is 9.44 Å². The number of nitrogens with two attached hydrogens (primary N) is 1. The van der Waals surface area contributed by atoms with Crippen molar-refractivity contribution in [2.75, 3.05) is 21.2 Å². The summed E-state index contributed by atoms with van der Waals surface area (Å²) >= 11 is 0. The molecule has 0 bridgehead atoms. The van der Waals surface area contributed by atoms with Gasteiger partial charge in [0, 0.05) is 10.9 Å². The zero-order valence-corrected chi connectivity index (χ0v) is 6.21. The third kappa shape index (κ3) is 1.97. The zero-order chi connectivity index (χ0) is 6.62. The molecule has 0 aliphatic rings. The standard InChI is InChI=1S/C3H13N3OS/c1-5-8(4,6-2)7-3/h5-6H,4H2,1-3H3. The summed E-state index contributed by atoms with van der Waals surface area (Å²) in [5.74, 6) is 0. The summed E-state index contributed by atoms with van der Waals surface area (Å²) in [6.45, 7) is 0. The van der Waals surface area contributed by atoms with Gasteiger partial charge in [0.25, 0.3) is 0 Å². The van der Waals surface area contributed by atoms with E-state index in [9.17, 15) is 0 Å². The van der Waals surface area contributed by atoms with Gasteiger partial charge in [0.05, 0.1) is 7.11 Å². The van der Waals surface area contributed by atoms with Crippen molar-refractivity contribution in [3.8, 4) is 0 Å². The van der Waals surface area contributed by atoms with Gasteiger partial charge < -0.3 is 4.18 Å². The highest BCUT2D eigenvalue weighted by molar-refractivity contribution is 8.24. The van der Waals surface area contributed by atoms with Crippen LogP contribution in [0.15, 0.2) is 0 Å². The van der Waals surface area contributed by atoms with E-state index in [1.54, 1.807) is 21.2 Å². The lowest BCUT2D eigenvalue weighted by Crippen LogP contribution is -2.35. The summed E-state index contributed by atoms with van der Waals surface area (Å²) in [6, 6.07) is 0. The molecule has 0 aromatic heterocycles. The predicted molar refractivity (Wildman–Crippen MR) is 36.9 cm³/mol. The van der Waals surface area contributed by atoms with Crippen LogP contribution in [0, 0.1) is 0 Å². The van der Waals surface area contributed by atoms with Crippen LogP contribution >= 0.6 is 10.9 Å². The van der Waals surface area contributed by atoms with Crippen molar-refractivity contribution >= 4 is 10.9 Å². The maximum absolute atomic E-state index is 5.53. The zero-order valence-electron chi connectivity index (χ0n) is 5.39. The minimum absolute atomic E-state index is 1.56. The van der Waals surface area contributed by atoms with Crippen molar-refractivity contribution in [1.82, 2.24) is 9.44 Å². The van der Waals surface area contributed by atoms with Gasteiger partial charge in [-0.15, -0.1) is 0 Å². The normalized spacial score (nSPS) is 14.0. The van der Waals surface area contributed by atoms with Gasteiger partial charge in [-0.2, -0.15) is 0 Å². The summed E-state index contributed by atoms with van der Waals surface area (Å²) in [4.78, 5) is 0. The molecule has 0 unspecified atom stereocenters. The van der Waals surface area contributed by atoms with Crippen molar-refractivity contribution in [3.05, 3.63) is 0 Å². The minimum Gasteiger partial charge on any atom is -0.302 e. The first-order valence-electron chi connectivity index (χ1n) is 2.22. The topological polar surface area (TPSA) is 59.3 Å². The monoisotopic (exact) mass is 139 g/mol. The Morgan fingerprint density at radius 1 is 1.38 bits per heavy atom. The van der Waals surface area contributed by atoms with Crippen LogP contribution in [0.5, 0.6) is 0 Å². The SMILES string of the molecule is CNS(N)(NC)OC. The Morgan fingerprint density at radius 2 is 1.75 bits per heavy atom. The highest BCUT2D eigenvalue weighted by Gasteiger charge is 2.08. The molecule has 0 radical (unpaired) electrons. The molecule has 0 heterocycles. The number of hydrogen-bond donors (Lipinski definition) is 3. The fourth-order valence-corrected chi connectivity index (χ4v) is 0.806. The fraction of sp³-hybridized carbons (Fsp3) is 1.00. The van der Waals surface area contributed by atoms with E-state index in [1.807, 2.05) is 0 Å². The van der Waals surface area contributed by atoms with Crippen molar-refractivity contribution in [3.63, 3.8) is 0 Å². The molecule has 0 saturated carbocycles. The highest BCUT2D eigenvalue weighted by Crippen LogP contribution is 2.26. The fourth-order valence-electron chi connectivity index (χ4n) is 0.269. The largest absolute Gasteiger partial charge is 0.302 e. The van der Waals surface area contributed by atoms with Crippen molar-refractivity contribution in [1.29, 1.82) is 0 Å². The van der Waals surface area contributed by atoms with Crippen LogP contribution < -0.4 is 14.6 Å². The Labute approximate surface area is 51.7 Å². The van der Waals surface area contributed by atoms with Gasteiger partial charge in [-0.05, 0) is 14.1 Å².